The highest BCUT2D eigenvalue weighted by atomic mass is 32.2. The molecule has 1 saturated carbocycles. The molecule has 0 spiro atoms. The summed E-state index contributed by atoms with van der Waals surface area (Å²) in [4.78, 5) is 15.3. The number of benzene rings is 2. The average Bonchev–Trinajstić information content (AvgIpc) is 3.45. The minimum Gasteiger partial charge on any atom is -0.497 e. The molecule has 210 valence electrons. The maximum absolute atomic E-state index is 13.7. The number of ether oxygens (including phenoxy) is 2. The van der Waals surface area contributed by atoms with Crippen molar-refractivity contribution in [3.63, 3.8) is 0 Å². The largest absolute Gasteiger partial charge is 0.497 e. The minimum atomic E-state index is -3.91. The number of sulfonamides is 1. The fourth-order valence-corrected chi connectivity index (χ4v) is 6.71. The van der Waals surface area contributed by atoms with Crippen molar-refractivity contribution in [3.8, 4) is 5.75 Å². The zero-order valence-electron chi connectivity index (χ0n) is 23.0. The Kier molecular flexibility index (Phi) is 11.1. The highest BCUT2D eigenvalue weighted by Crippen LogP contribution is 2.29. The smallest absolute Gasteiger partial charge is 0.243 e. The zero-order valence-corrected chi connectivity index (χ0v) is 23.8. The predicted molar refractivity (Wildman–Crippen MR) is 147 cm³/mol. The van der Waals surface area contributed by atoms with Crippen molar-refractivity contribution in [1.82, 2.24) is 9.21 Å². The molecule has 38 heavy (non-hydrogen) atoms. The standard InChI is InChI=1S/C29H42N2O6S/c1-22(2)19-30(38(34,35)26-16-14-25(37-4)15-17-26)20-28(32)27(18-23-10-6-5-7-11-23)31(21-36-3)29(33)24-12-8-9-13-24/h5-7,10-11,14-17,22,24,27-28,32H,8-9,12-13,18-21H2,1-4H3/t27-,28-/m0/s1. The Bertz CT molecular complexity index is 1100. The molecule has 1 aliphatic carbocycles. The third kappa shape index (κ3) is 7.79. The number of amides is 1. The molecule has 0 unspecified atom stereocenters. The molecule has 0 radical (unpaired) electrons. The van der Waals surface area contributed by atoms with E-state index in [0.717, 1.165) is 31.2 Å². The predicted octanol–water partition coefficient (Wildman–Crippen LogP) is 3.94. The van der Waals surface area contributed by atoms with Gasteiger partial charge in [-0.1, -0.05) is 57.0 Å². The Balaban J connectivity index is 1.94. The number of aliphatic hydroxyl groups excluding tert-OH is 1. The molecule has 1 aliphatic rings. The number of rotatable bonds is 14. The van der Waals surface area contributed by atoms with E-state index in [1.54, 1.807) is 17.0 Å². The van der Waals surface area contributed by atoms with E-state index in [0.29, 0.717) is 12.2 Å². The lowest BCUT2D eigenvalue weighted by atomic mass is 9.97. The van der Waals surface area contributed by atoms with E-state index in [-0.39, 0.29) is 42.5 Å². The SMILES string of the molecule is COCN(C(=O)C1CCCC1)[C@@H](Cc1ccccc1)[C@@H](O)CN(CC(C)C)S(=O)(=O)c1ccc(OC)cc1. The summed E-state index contributed by atoms with van der Waals surface area (Å²) in [5.41, 5.74) is 0.949. The summed E-state index contributed by atoms with van der Waals surface area (Å²) in [5, 5.41) is 11.7. The van der Waals surface area contributed by atoms with Gasteiger partial charge in [0.2, 0.25) is 15.9 Å². The van der Waals surface area contributed by atoms with E-state index in [9.17, 15) is 18.3 Å². The van der Waals surface area contributed by atoms with Gasteiger partial charge in [0.25, 0.3) is 0 Å². The molecular formula is C29H42N2O6S. The first-order valence-corrected chi connectivity index (χ1v) is 14.8. The molecule has 2 aromatic rings. The Labute approximate surface area is 227 Å². The Hall–Kier alpha value is -2.46. The van der Waals surface area contributed by atoms with Gasteiger partial charge in [0.1, 0.15) is 12.5 Å². The number of hydrogen-bond donors (Lipinski definition) is 1. The summed E-state index contributed by atoms with van der Waals surface area (Å²) < 4.78 is 39.3. The molecule has 2 atom stereocenters. The van der Waals surface area contributed by atoms with Crippen LogP contribution in [0.5, 0.6) is 5.75 Å². The van der Waals surface area contributed by atoms with Crippen LogP contribution in [0.3, 0.4) is 0 Å². The molecule has 1 amide bonds. The summed E-state index contributed by atoms with van der Waals surface area (Å²) in [6.45, 7) is 3.97. The maximum atomic E-state index is 13.7. The van der Waals surface area contributed by atoms with E-state index >= 15 is 0 Å². The van der Waals surface area contributed by atoms with Gasteiger partial charge < -0.3 is 19.5 Å². The summed E-state index contributed by atoms with van der Waals surface area (Å²) in [7, 11) is -0.861. The molecular weight excluding hydrogens is 504 g/mol. The highest BCUT2D eigenvalue weighted by Gasteiger charge is 2.37. The van der Waals surface area contributed by atoms with Crippen molar-refractivity contribution < 1.29 is 27.8 Å². The second-order valence-electron chi connectivity index (χ2n) is 10.4. The average molecular weight is 547 g/mol. The van der Waals surface area contributed by atoms with Gasteiger partial charge in [-0.05, 0) is 55.0 Å². The van der Waals surface area contributed by atoms with Crippen LogP contribution in [0.1, 0.15) is 45.1 Å². The maximum Gasteiger partial charge on any atom is 0.243 e. The Morgan fingerprint density at radius 1 is 1.00 bits per heavy atom. The molecule has 0 saturated heterocycles. The number of aliphatic hydroxyl groups is 1. The summed E-state index contributed by atoms with van der Waals surface area (Å²) in [6.07, 6.45) is 2.89. The molecule has 0 heterocycles. The van der Waals surface area contributed by atoms with Gasteiger partial charge >= 0.3 is 0 Å². The van der Waals surface area contributed by atoms with E-state index in [4.69, 9.17) is 9.47 Å². The highest BCUT2D eigenvalue weighted by molar-refractivity contribution is 7.89. The van der Waals surface area contributed by atoms with Crippen molar-refractivity contribution in [3.05, 3.63) is 60.2 Å². The van der Waals surface area contributed by atoms with Crippen LogP contribution in [-0.4, -0.2) is 74.8 Å². The minimum absolute atomic E-state index is 0.0259. The van der Waals surface area contributed by atoms with Gasteiger partial charge in [-0.3, -0.25) is 4.79 Å². The van der Waals surface area contributed by atoms with Crippen LogP contribution in [0.25, 0.3) is 0 Å². The van der Waals surface area contributed by atoms with Crippen molar-refractivity contribution in [2.24, 2.45) is 11.8 Å². The number of carbonyl (C=O) groups is 1. The number of nitrogens with zero attached hydrogens (tertiary/aromatic N) is 2. The van der Waals surface area contributed by atoms with Gasteiger partial charge in [-0.15, -0.1) is 0 Å². The van der Waals surface area contributed by atoms with Crippen LogP contribution >= 0.6 is 0 Å². The summed E-state index contributed by atoms with van der Waals surface area (Å²) in [6, 6.07) is 15.2. The van der Waals surface area contributed by atoms with Gasteiger partial charge in [0.05, 0.1) is 24.2 Å². The molecule has 0 aliphatic heterocycles. The summed E-state index contributed by atoms with van der Waals surface area (Å²) in [5.74, 6) is 0.434. The number of carbonyl (C=O) groups excluding carboxylic acids is 1. The van der Waals surface area contributed by atoms with Crippen LogP contribution in [-0.2, 0) is 26.0 Å². The van der Waals surface area contributed by atoms with Crippen molar-refractivity contribution >= 4 is 15.9 Å². The fourth-order valence-electron chi connectivity index (χ4n) is 5.08. The lowest BCUT2D eigenvalue weighted by molar-refractivity contribution is -0.147. The number of hydrogen-bond acceptors (Lipinski definition) is 6. The normalized spacial score (nSPS) is 16.1. The third-order valence-electron chi connectivity index (χ3n) is 7.04. The summed E-state index contributed by atoms with van der Waals surface area (Å²) >= 11 is 0. The zero-order chi connectivity index (χ0) is 27.7. The second kappa shape index (κ2) is 14.1. The third-order valence-corrected chi connectivity index (χ3v) is 8.89. The molecule has 8 nitrogen and oxygen atoms in total. The molecule has 1 N–H and O–H groups in total. The fraction of sp³-hybridized carbons (Fsp3) is 0.552. The topological polar surface area (TPSA) is 96.4 Å². The lowest BCUT2D eigenvalue weighted by Crippen LogP contribution is -2.54. The van der Waals surface area contributed by atoms with Crippen LogP contribution in [0.2, 0.25) is 0 Å². The van der Waals surface area contributed by atoms with E-state index in [1.165, 1.54) is 30.7 Å². The molecule has 2 aromatic carbocycles. The van der Waals surface area contributed by atoms with Gasteiger partial charge in [-0.25, -0.2) is 8.42 Å². The number of methoxy groups -OCH3 is 2. The van der Waals surface area contributed by atoms with Crippen molar-refractivity contribution in [2.45, 2.75) is 63.0 Å². The molecule has 3 rings (SSSR count). The molecule has 0 aromatic heterocycles. The monoisotopic (exact) mass is 546 g/mol. The quantitative estimate of drug-likeness (QED) is 0.361. The van der Waals surface area contributed by atoms with Crippen molar-refractivity contribution in [2.75, 3.05) is 34.0 Å². The molecule has 9 heteroatoms. The van der Waals surface area contributed by atoms with Crippen LogP contribution in [0, 0.1) is 11.8 Å². The second-order valence-corrected chi connectivity index (χ2v) is 12.4. The Morgan fingerprint density at radius 2 is 1.63 bits per heavy atom. The van der Waals surface area contributed by atoms with Gasteiger partial charge in [0, 0.05) is 26.1 Å². The van der Waals surface area contributed by atoms with Gasteiger partial charge in [0.15, 0.2) is 0 Å². The van der Waals surface area contributed by atoms with Crippen LogP contribution in [0.15, 0.2) is 59.5 Å². The first kappa shape index (κ1) is 30.1. The lowest BCUT2D eigenvalue weighted by Gasteiger charge is -2.38. The Morgan fingerprint density at radius 3 is 2.18 bits per heavy atom. The van der Waals surface area contributed by atoms with E-state index in [2.05, 4.69) is 0 Å². The van der Waals surface area contributed by atoms with Crippen molar-refractivity contribution in [1.29, 1.82) is 0 Å². The van der Waals surface area contributed by atoms with Crippen LogP contribution < -0.4 is 4.74 Å². The van der Waals surface area contributed by atoms with E-state index < -0.39 is 22.2 Å². The molecule has 0 bridgehead atoms. The van der Waals surface area contributed by atoms with E-state index in [1.807, 2.05) is 44.2 Å². The molecule has 1 fully saturated rings. The van der Waals surface area contributed by atoms with Crippen LogP contribution in [0.4, 0.5) is 0 Å². The van der Waals surface area contributed by atoms with Gasteiger partial charge in [-0.2, -0.15) is 4.31 Å². The first-order valence-electron chi connectivity index (χ1n) is 13.3. The first-order chi connectivity index (χ1) is 18.2.